The molecule has 0 N–H and O–H groups in total. The maximum absolute atomic E-state index is 12.2. The van der Waals surface area contributed by atoms with Gasteiger partial charge in [0.2, 0.25) is 0 Å². The predicted molar refractivity (Wildman–Crippen MR) is 95.5 cm³/mol. The van der Waals surface area contributed by atoms with E-state index in [4.69, 9.17) is 0 Å². The first-order valence-electron chi connectivity index (χ1n) is 7.11. The Hall–Kier alpha value is -2.51. The Morgan fingerprint density at radius 3 is 2.75 bits per heavy atom. The number of rotatable bonds is 6. The van der Waals surface area contributed by atoms with Crippen molar-refractivity contribution in [3.63, 3.8) is 0 Å². The van der Waals surface area contributed by atoms with E-state index in [2.05, 4.69) is 10.1 Å². The number of benzene rings is 1. The highest BCUT2D eigenvalue weighted by Gasteiger charge is 2.13. The number of carbonyl (C=O) groups is 2. The fourth-order valence-corrected chi connectivity index (χ4v) is 3.35. The number of aromatic nitrogens is 3. The molecule has 0 unspecified atom stereocenters. The number of hydrogen-bond acceptors (Lipinski definition) is 6. The van der Waals surface area contributed by atoms with E-state index in [1.165, 1.54) is 28.8 Å². The van der Waals surface area contributed by atoms with Crippen LogP contribution < -0.4 is 0 Å². The van der Waals surface area contributed by atoms with Crippen LogP contribution in [-0.2, 0) is 0 Å². The number of allylic oxidation sites excluding steroid dienone is 1. The normalized spacial score (nSPS) is 11.0. The summed E-state index contributed by atoms with van der Waals surface area (Å²) in [6.07, 6.45) is 4.49. The zero-order valence-corrected chi connectivity index (χ0v) is 14.2. The summed E-state index contributed by atoms with van der Waals surface area (Å²) in [6.45, 7) is 0. The third-order valence-corrected chi connectivity index (χ3v) is 4.87. The highest BCUT2D eigenvalue weighted by atomic mass is 32.2. The molecule has 0 amide bonds. The molecule has 0 saturated heterocycles. The summed E-state index contributed by atoms with van der Waals surface area (Å²) >= 11 is 2.74. The molecule has 0 aliphatic rings. The number of thioether (sulfide) groups is 1. The van der Waals surface area contributed by atoms with Crippen LogP contribution in [0.5, 0.6) is 0 Å². The average Bonchev–Trinajstić information content (AvgIpc) is 3.30. The molecule has 0 fully saturated rings. The molecule has 24 heavy (non-hydrogen) atoms. The van der Waals surface area contributed by atoms with Crippen molar-refractivity contribution >= 4 is 40.9 Å². The van der Waals surface area contributed by atoms with Crippen molar-refractivity contribution < 1.29 is 9.59 Å². The van der Waals surface area contributed by atoms with Crippen molar-refractivity contribution in [2.75, 3.05) is 5.75 Å². The van der Waals surface area contributed by atoms with Crippen LogP contribution in [0.3, 0.4) is 0 Å². The number of ketones is 1. The minimum atomic E-state index is -0.296. The summed E-state index contributed by atoms with van der Waals surface area (Å²) < 4.78 is 1.20. The average molecular weight is 355 g/mol. The van der Waals surface area contributed by atoms with Gasteiger partial charge in [-0.2, -0.15) is 9.78 Å². The van der Waals surface area contributed by atoms with Crippen LogP contribution in [0.15, 0.2) is 65.4 Å². The van der Waals surface area contributed by atoms with Gasteiger partial charge in [-0.1, -0.05) is 48.2 Å². The van der Waals surface area contributed by atoms with Crippen molar-refractivity contribution in [3.05, 3.63) is 70.7 Å². The summed E-state index contributed by atoms with van der Waals surface area (Å²) in [5.74, 6) is -0.114. The largest absolute Gasteiger partial charge is 0.293 e. The lowest BCUT2D eigenvalue weighted by Gasteiger charge is -2.02. The van der Waals surface area contributed by atoms with Crippen molar-refractivity contribution in [1.82, 2.24) is 14.8 Å². The van der Waals surface area contributed by atoms with Gasteiger partial charge in [0, 0.05) is 16.5 Å². The quantitative estimate of drug-likeness (QED) is 0.383. The third-order valence-electron chi connectivity index (χ3n) is 3.09. The zero-order valence-electron chi connectivity index (χ0n) is 12.5. The Balaban J connectivity index is 1.65. The molecular weight excluding hydrogens is 342 g/mol. The summed E-state index contributed by atoms with van der Waals surface area (Å²) in [5, 5.41) is 6.29. The standard InChI is InChI=1S/C17H13N3O2S2/c21-15(13-5-2-1-3-6-13)11-24-17-18-12-19-20(17)16(22)9-8-14-7-4-10-23-14/h1-10,12H,11H2/b9-8+. The van der Waals surface area contributed by atoms with E-state index < -0.39 is 0 Å². The van der Waals surface area contributed by atoms with Gasteiger partial charge in [0.05, 0.1) is 5.75 Å². The zero-order chi connectivity index (χ0) is 16.8. The molecule has 7 heteroatoms. The second-order valence-corrected chi connectivity index (χ2v) is 6.64. The molecule has 0 spiro atoms. The van der Waals surface area contributed by atoms with E-state index in [1.54, 1.807) is 29.5 Å². The topological polar surface area (TPSA) is 64.8 Å². The van der Waals surface area contributed by atoms with Crippen LogP contribution >= 0.6 is 23.1 Å². The highest BCUT2D eigenvalue weighted by Crippen LogP contribution is 2.17. The molecule has 3 rings (SSSR count). The number of Topliss-reactive ketones (excluding diaryl/α,β-unsaturated/α-hetero) is 1. The van der Waals surface area contributed by atoms with Crippen LogP contribution in [0.2, 0.25) is 0 Å². The molecule has 1 aromatic carbocycles. The first-order chi connectivity index (χ1) is 11.7. The fraction of sp³-hybridized carbons (Fsp3) is 0.0588. The number of thiophene rings is 1. The number of carbonyl (C=O) groups excluding carboxylic acids is 2. The van der Waals surface area contributed by atoms with Gasteiger partial charge in [0.1, 0.15) is 6.33 Å². The summed E-state index contributed by atoms with van der Waals surface area (Å²) in [5.41, 5.74) is 0.639. The van der Waals surface area contributed by atoms with Gasteiger partial charge in [-0.3, -0.25) is 9.59 Å². The van der Waals surface area contributed by atoms with E-state index >= 15 is 0 Å². The molecule has 0 radical (unpaired) electrons. The van der Waals surface area contributed by atoms with E-state index in [0.29, 0.717) is 10.7 Å². The van der Waals surface area contributed by atoms with Crippen LogP contribution in [0.25, 0.3) is 6.08 Å². The van der Waals surface area contributed by atoms with Gasteiger partial charge in [-0.25, -0.2) is 4.98 Å². The maximum atomic E-state index is 12.2. The van der Waals surface area contributed by atoms with Crippen molar-refractivity contribution in [1.29, 1.82) is 0 Å². The van der Waals surface area contributed by atoms with E-state index in [9.17, 15) is 9.59 Å². The van der Waals surface area contributed by atoms with Gasteiger partial charge in [-0.15, -0.1) is 11.3 Å². The fourth-order valence-electron chi connectivity index (χ4n) is 1.93. The monoisotopic (exact) mass is 355 g/mol. The Morgan fingerprint density at radius 1 is 1.17 bits per heavy atom. The smallest absolute Gasteiger partial charge is 0.273 e. The lowest BCUT2D eigenvalue weighted by molar-refractivity contribution is 0.0942. The van der Waals surface area contributed by atoms with Crippen LogP contribution in [-0.4, -0.2) is 32.2 Å². The summed E-state index contributed by atoms with van der Waals surface area (Å²) in [7, 11) is 0. The third kappa shape index (κ3) is 4.06. The van der Waals surface area contributed by atoms with E-state index in [1.807, 2.05) is 35.7 Å². The number of nitrogens with zero attached hydrogens (tertiary/aromatic N) is 3. The molecule has 0 aliphatic carbocycles. The second-order valence-electron chi connectivity index (χ2n) is 4.72. The Morgan fingerprint density at radius 2 is 2.00 bits per heavy atom. The molecule has 2 heterocycles. The van der Waals surface area contributed by atoms with E-state index in [0.717, 1.165) is 4.88 Å². The van der Waals surface area contributed by atoms with Gasteiger partial charge < -0.3 is 0 Å². The summed E-state index contributed by atoms with van der Waals surface area (Å²) in [6, 6.07) is 12.9. The molecule has 2 aromatic heterocycles. The van der Waals surface area contributed by atoms with Crippen LogP contribution in [0, 0.1) is 0 Å². The minimum absolute atomic E-state index is 0.0169. The molecule has 0 atom stereocenters. The first-order valence-corrected chi connectivity index (χ1v) is 8.97. The minimum Gasteiger partial charge on any atom is -0.293 e. The lowest BCUT2D eigenvalue weighted by atomic mass is 10.2. The van der Waals surface area contributed by atoms with Crippen molar-refractivity contribution in [2.45, 2.75) is 5.16 Å². The first kappa shape index (κ1) is 16.4. The van der Waals surface area contributed by atoms with Crippen LogP contribution in [0.4, 0.5) is 0 Å². The second kappa shape index (κ2) is 7.85. The Bertz CT molecular complexity index is 855. The lowest BCUT2D eigenvalue weighted by Crippen LogP contribution is -2.11. The van der Waals surface area contributed by atoms with Crippen molar-refractivity contribution in [2.24, 2.45) is 0 Å². The molecule has 0 bridgehead atoms. The predicted octanol–water partition coefficient (Wildman–Crippen LogP) is 3.67. The highest BCUT2D eigenvalue weighted by molar-refractivity contribution is 7.99. The number of hydrogen-bond donors (Lipinski definition) is 0. The maximum Gasteiger partial charge on any atom is 0.273 e. The SMILES string of the molecule is O=C(CSc1ncnn1C(=O)/C=C/c1cccs1)c1ccccc1. The summed E-state index contributed by atoms with van der Waals surface area (Å²) in [4.78, 5) is 29.4. The van der Waals surface area contributed by atoms with Gasteiger partial charge in [0.25, 0.3) is 5.91 Å². The van der Waals surface area contributed by atoms with E-state index in [-0.39, 0.29) is 17.4 Å². The van der Waals surface area contributed by atoms with Crippen LogP contribution in [0.1, 0.15) is 20.0 Å². The Labute approximate surface area is 147 Å². The van der Waals surface area contributed by atoms with Gasteiger partial charge >= 0.3 is 0 Å². The molecule has 3 aromatic rings. The van der Waals surface area contributed by atoms with Gasteiger partial charge in [0.15, 0.2) is 10.9 Å². The molecule has 5 nitrogen and oxygen atoms in total. The van der Waals surface area contributed by atoms with Gasteiger partial charge in [-0.05, 0) is 17.5 Å². The molecular formula is C17H13N3O2S2. The molecule has 120 valence electrons. The molecule has 0 aliphatic heterocycles. The molecule has 0 saturated carbocycles. The Kier molecular flexibility index (Phi) is 5.35. The van der Waals surface area contributed by atoms with Crippen molar-refractivity contribution in [3.8, 4) is 0 Å².